The van der Waals surface area contributed by atoms with Gasteiger partial charge in [0.15, 0.2) is 0 Å². The minimum atomic E-state index is -4.41. The monoisotopic (exact) mass is 285 g/mol. The average Bonchev–Trinajstić information content (AvgIpc) is 2.45. The number of alkyl halides is 3. The fourth-order valence-corrected chi connectivity index (χ4v) is 2.54. The predicted molar refractivity (Wildman–Crippen MR) is 78.0 cm³/mol. The van der Waals surface area contributed by atoms with Crippen molar-refractivity contribution in [3.05, 3.63) is 71.8 Å². The first-order valence-electron chi connectivity index (χ1n) is 6.54. The molecule has 0 heterocycles. The lowest BCUT2D eigenvalue weighted by molar-refractivity contribution is -0.137. The molecule has 21 heavy (non-hydrogen) atoms. The maximum absolute atomic E-state index is 13.2. The first kappa shape index (κ1) is 13.7. The molecule has 3 aromatic carbocycles. The summed E-state index contributed by atoms with van der Waals surface area (Å²) in [5, 5.41) is 1.93. The van der Waals surface area contributed by atoms with E-state index in [0.717, 1.165) is 10.8 Å². The van der Waals surface area contributed by atoms with Crippen molar-refractivity contribution in [1.29, 1.82) is 0 Å². The maximum atomic E-state index is 13.2. The van der Waals surface area contributed by atoms with E-state index in [-0.39, 0.29) is 5.56 Å². The van der Waals surface area contributed by atoms with E-state index in [1.54, 1.807) is 25.1 Å². The summed E-state index contributed by atoms with van der Waals surface area (Å²) in [6.07, 6.45) is -4.41. The number of halogens is 3. The Hall–Kier alpha value is -2.29. The minimum Gasteiger partial charge on any atom is -0.166 e. The standard InChI is InChI=1S/C18H12F3/c1-12-5-4-8-16(18(19,20)21)17(12)15-10-9-13-6-2-3-7-14(13)11-15/h2-7,9-11H,1H3. The van der Waals surface area contributed by atoms with Crippen LogP contribution in [-0.4, -0.2) is 0 Å². The molecule has 0 aromatic heterocycles. The van der Waals surface area contributed by atoms with Crippen molar-refractivity contribution in [2.24, 2.45) is 0 Å². The second-order valence-electron chi connectivity index (χ2n) is 4.97. The quantitative estimate of drug-likeness (QED) is 0.543. The second-order valence-corrected chi connectivity index (χ2v) is 4.97. The molecule has 0 amide bonds. The number of hydrogen-bond donors (Lipinski definition) is 0. The van der Waals surface area contributed by atoms with Crippen LogP contribution in [0.5, 0.6) is 0 Å². The highest BCUT2D eigenvalue weighted by molar-refractivity contribution is 5.88. The van der Waals surface area contributed by atoms with Crippen molar-refractivity contribution >= 4 is 10.8 Å². The van der Waals surface area contributed by atoms with Crippen LogP contribution >= 0.6 is 0 Å². The van der Waals surface area contributed by atoms with Crippen molar-refractivity contribution in [2.75, 3.05) is 0 Å². The number of benzene rings is 3. The highest BCUT2D eigenvalue weighted by Gasteiger charge is 2.34. The van der Waals surface area contributed by atoms with Crippen LogP contribution in [0.15, 0.2) is 54.6 Å². The lowest BCUT2D eigenvalue weighted by Gasteiger charge is -2.15. The normalized spacial score (nSPS) is 11.8. The summed E-state index contributed by atoms with van der Waals surface area (Å²) >= 11 is 0. The molecule has 0 aliphatic heterocycles. The van der Waals surface area contributed by atoms with Crippen molar-refractivity contribution in [3.63, 3.8) is 0 Å². The van der Waals surface area contributed by atoms with Gasteiger partial charge in [-0.05, 0) is 46.5 Å². The summed E-state index contributed by atoms with van der Waals surface area (Å²) in [5.41, 5.74) is 0.653. The fraction of sp³-hybridized carbons (Fsp3) is 0.111. The number of rotatable bonds is 1. The van der Waals surface area contributed by atoms with Gasteiger partial charge in [0, 0.05) is 0 Å². The van der Waals surface area contributed by atoms with Gasteiger partial charge in [0.1, 0.15) is 0 Å². The molecule has 3 heteroatoms. The van der Waals surface area contributed by atoms with Gasteiger partial charge in [-0.2, -0.15) is 13.2 Å². The molecule has 3 rings (SSSR count). The average molecular weight is 285 g/mol. The number of fused-ring (bicyclic) bond motifs is 1. The van der Waals surface area contributed by atoms with Crippen LogP contribution in [0.25, 0.3) is 21.9 Å². The minimum absolute atomic E-state index is 0.204. The van der Waals surface area contributed by atoms with Crippen LogP contribution in [0.1, 0.15) is 11.1 Å². The van der Waals surface area contributed by atoms with Crippen molar-refractivity contribution in [2.45, 2.75) is 13.1 Å². The second kappa shape index (κ2) is 4.92. The summed E-state index contributed by atoms with van der Waals surface area (Å²) < 4.78 is 39.6. The van der Waals surface area contributed by atoms with Gasteiger partial charge in [-0.1, -0.05) is 48.5 Å². The van der Waals surface area contributed by atoms with Gasteiger partial charge in [-0.25, -0.2) is 0 Å². The van der Waals surface area contributed by atoms with Gasteiger partial charge in [-0.3, -0.25) is 0 Å². The largest absolute Gasteiger partial charge is 0.417 e. The van der Waals surface area contributed by atoms with Crippen LogP contribution in [0.3, 0.4) is 0 Å². The summed E-state index contributed by atoms with van der Waals surface area (Å²) in [4.78, 5) is 0. The molecule has 3 aromatic rings. The molecule has 0 saturated heterocycles. The predicted octanol–water partition coefficient (Wildman–Crippen LogP) is 5.63. The van der Waals surface area contributed by atoms with Crippen LogP contribution in [0.4, 0.5) is 13.2 Å². The van der Waals surface area contributed by atoms with E-state index >= 15 is 0 Å². The van der Waals surface area contributed by atoms with E-state index in [9.17, 15) is 13.2 Å². The molecule has 0 spiro atoms. The Balaban J connectivity index is 2.27. The van der Waals surface area contributed by atoms with Gasteiger partial charge in [0.25, 0.3) is 0 Å². The third kappa shape index (κ3) is 2.51. The third-order valence-corrected chi connectivity index (χ3v) is 3.53. The smallest absolute Gasteiger partial charge is 0.166 e. The van der Waals surface area contributed by atoms with E-state index in [2.05, 4.69) is 6.07 Å². The maximum Gasteiger partial charge on any atom is 0.417 e. The Morgan fingerprint density at radius 2 is 1.62 bits per heavy atom. The molecular weight excluding hydrogens is 273 g/mol. The Kier molecular flexibility index (Phi) is 3.20. The van der Waals surface area contributed by atoms with Gasteiger partial charge in [0.05, 0.1) is 5.56 Å². The lowest BCUT2D eigenvalue weighted by atomic mass is 9.93. The molecule has 105 valence electrons. The van der Waals surface area contributed by atoms with E-state index < -0.39 is 11.7 Å². The topological polar surface area (TPSA) is 0 Å². The van der Waals surface area contributed by atoms with Gasteiger partial charge in [-0.15, -0.1) is 0 Å². The third-order valence-electron chi connectivity index (χ3n) is 3.53. The molecule has 0 aliphatic rings. The highest BCUT2D eigenvalue weighted by atomic mass is 19.4. The van der Waals surface area contributed by atoms with Gasteiger partial charge >= 0.3 is 6.18 Å². The molecule has 0 nitrogen and oxygen atoms in total. The molecular formula is C18H12F3. The number of aryl methyl sites for hydroxylation is 1. The molecule has 0 fully saturated rings. The Morgan fingerprint density at radius 1 is 0.905 bits per heavy atom. The molecule has 0 saturated carbocycles. The van der Waals surface area contributed by atoms with E-state index in [1.807, 2.05) is 30.3 Å². The fourth-order valence-electron chi connectivity index (χ4n) is 2.54. The van der Waals surface area contributed by atoms with Crippen LogP contribution in [0, 0.1) is 13.0 Å². The van der Waals surface area contributed by atoms with Crippen molar-refractivity contribution in [1.82, 2.24) is 0 Å². The van der Waals surface area contributed by atoms with Gasteiger partial charge < -0.3 is 0 Å². The molecule has 0 unspecified atom stereocenters. The zero-order valence-electron chi connectivity index (χ0n) is 11.3. The van der Waals surface area contributed by atoms with Gasteiger partial charge in [0.2, 0.25) is 0 Å². The van der Waals surface area contributed by atoms with Crippen LogP contribution in [0.2, 0.25) is 0 Å². The van der Waals surface area contributed by atoms with Crippen molar-refractivity contribution < 1.29 is 13.2 Å². The summed E-state index contributed by atoms with van der Waals surface area (Å²) in [5.74, 6) is 0. The summed E-state index contributed by atoms with van der Waals surface area (Å²) in [6, 6.07) is 18.3. The first-order valence-corrected chi connectivity index (χ1v) is 6.54. The molecule has 0 N–H and O–H groups in total. The summed E-state index contributed by atoms with van der Waals surface area (Å²) in [7, 11) is 0. The zero-order chi connectivity index (χ0) is 15.0. The van der Waals surface area contributed by atoms with Crippen LogP contribution < -0.4 is 0 Å². The zero-order valence-corrected chi connectivity index (χ0v) is 11.3. The number of hydrogen-bond acceptors (Lipinski definition) is 0. The van der Waals surface area contributed by atoms with Crippen LogP contribution in [-0.2, 0) is 6.18 Å². The molecule has 1 radical (unpaired) electrons. The molecule has 0 atom stereocenters. The van der Waals surface area contributed by atoms with E-state index in [1.165, 1.54) is 6.07 Å². The van der Waals surface area contributed by atoms with E-state index in [0.29, 0.717) is 11.1 Å². The Labute approximate surface area is 120 Å². The Bertz CT molecular complexity index is 801. The Morgan fingerprint density at radius 3 is 2.33 bits per heavy atom. The summed E-state index contributed by atoms with van der Waals surface area (Å²) in [6.45, 7) is 1.69. The van der Waals surface area contributed by atoms with E-state index in [4.69, 9.17) is 0 Å². The highest BCUT2D eigenvalue weighted by Crippen LogP contribution is 2.39. The first-order chi connectivity index (χ1) is 9.97. The molecule has 0 bridgehead atoms. The van der Waals surface area contributed by atoms with Crippen molar-refractivity contribution in [3.8, 4) is 11.1 Å². The SMILES string of the molecule is Cc1cc[c]c(C(F)(F)F)c1-c1ccc2ccccc2c1. The molecule has 0 aliphatic carbocycles. The lowest BCUT2D eigenvalue weighted by Crippen LogP contribution is -2.08.